The number of unbranched alkanes of at least 4 members (excludes halogenated alkanes) is 3. The van der Waals surface area contributed by atoms with E-state index in [2.05, 4.69) is 13.5 Å². The third-order valence-electron chi connectivity index (χ3n) is 3.06. The third-order valence-corrected chi connectivity index (χ3v) is 3.06. The molecule has 0 saturated heterocycles. The number of aliphatic carboxylic acids is 1. The fourth-order valence-electron chi connectivity index (χ4n) is 1.87. The highest BCUT2D eigenvalue weighted by atomic mass is 16.4. The van der Waals surface area contributed by atoms with Crippen molar-refractivity contribution in [1.29, 1.82) is 0 Å². The zero-order chi connectivity index (χ0) is 15.9. The molecule has 2 heteroatoms. The number of carboxylic acids is 1. The average Bonchev–Trinajstić information content (AvgIpc) is 2.51. The van der Waals surface area contributed by atoms with Crippen molar-refractivity contribution in [2.24, 2.45) is 0 Å². The van der Waals surface area contributed by atoms with Gasteiger partial charge in [0.2, 0.25) is 0 Å². The predicted octanol–water partition coefficient (Wildman–Crippen LogP) is 5.71. The molecule has 0 bridgehead atoms. The highest BCUT2D eigenvalue weighted by molar-refractivity contribution is 5.86. The van der Waals surface area contributed by atoms with Crippen LogP contribution in [0.15, 0.2) is 48.6 Å². The number of hydrogen-bond donors (Lipinski definition) is 1. The molecule has 0 atom stereocenters. The monoisotopic (exact) mass is 288 g/mol. The van der Waals surface area contributed by atoms with Crippen LogP contribution in [-0.4, -0.2) is 11.1 Å². The van der Waals surface area contributed by atoms with Gasteiger partial charge in [0, 0.05) is 5.57 Å². The SMILES string of the molecule is C=Cc1ccccc1.CCC=C(CCCCCC)C(=O)O. The van der Waals surface area contributed by atoms with Gasteiger partial charge in [-0.25, -0.2) is 4.79 Å². The highest BCUT2D eigenvalue weighted by Crippen LogP contribution is 2.11. The first kappa shape index (κ1) is 19.2. The minimum absolute atomic E-state index is 0.582. The Labute approximate surface area is 129 Å². The predicted molar refractivity (Wildman–Crippen MR) is 91.3 cm³/mol. The molecule has 0 aromatic heterocycles. The van der Waals surface area contributed by atoms with E-state index in [1.165, 1.54) is 18.4 Å². The Morgan fingerprint density at radius 2 is 1.81 bits per heavy atom. The van der Waals surface area contributed by atoms with Gasteiger partial charge in [0.1, 0.15) is 0 Å². The fraction of sp³-hybridized carbons (Fsp3) is 0.421. The van der Waals surface area contributed by atoms with E-state index < -0.39 is 5.97 Å². The van der Waals surface area contributed by atoms with Crippen LogP contribution in [-0.2, 0) is 4.79 Å². The molecule has 0 saturated carbocycles. The molecule has 116 valence electrons. The quantitative estimate of drug-likeness (QED) is 0.491. The number of benzene rings is 1. The zero-order valence-corrected chi connectivity index (χ0v) is 13.3. The van der Waals surface area contributed by atoms with Gasteiger partial charge in [0.15, 0.2) is 0 Å². The van der Waals surface area contributed by atoms with Crippen LogP contribution in [0.1, 0.15) is 57.9 Å². The summed E-state index contributed by atoms with van der Waals surface area (Å²) >= 11 is 0. The van der Waals surface area contributed by atoms with Gasteiger partial charge in [0.05, 0.1) is 0 Å². The number of carboxylic acid groups (broad SMARTS) is 1. The topological polar surface area (TPSA) is 37.3 Å². The van der Waals surface area contributed by atoms with Gasteiger partial charge in [-0.15, -0.1) is 0 Å². The number of rotatable bonds is 8. The summed E-state index contributed by atoms with van der Waals surface area (Å²) in [6.07, 6.45) is 9.74. The summed E-state index contributed by atoms with van der Waals surface area (Å²) in [6, 6.07) is 10.0. The normalized spacial score (nSPS) is 10.5. The van der Waals surface area contributed by atoms with Crippen molar-refractivity contribution >= 4 is 12.0 Å². The zero-order valence-electron chi connectivity index (χ0n) is 13.3. The maximum Gasteiger partial charge on any atom is 0.331 e. The van der Waals surface area contributed by atoms with E-state index in [9.17, 15) is 4.79 Å². The Hall–Kier alpha value is -1.83. The lowest BCUT2D eigenvalue weighted by Crippen LogP contribution is -2.00. The van der Waals surface area contributed by atoms with E-state index in [0.717, 1.165) is 25.7 Å². The van der Waals surface area contributed by atoms with Crippen LogP contribution < -0.4 is 0 Å². The lowest BCUT2D eigenvalue weighted by atomic mass is 10.1. The minimum atomic E-state index is -0.752. The van der Waals surface area contributed by atoms with Crippen LogP contribution in [0.2, 0.25) is 0 Å². The molecule has 1 N–H and O–H groups in total. The average molecular weight is 288 g/mol. The molecule has 0 aliphatic rings. The summed E-state index contributed by atoms with van der Waals surface area (Å²) in [5.41, 5.74) is 1.76. The Balaban J connectivity index is 0.000000423. The van der Waals surface area contributed by atoms with E-state index in [1.807, 2.05) is 49.4 Å². The summed E-state index contributed by atoms with van der Waals surface area (Å²) < 4.78 is 0. The van der Waals surface area contributed by atoms with Gasteiger partial charge in [-0.2, -0.15) is 0 Å². The molecule has 0 aliphatic carbocycles. The molecule has 1 aromatic carbocycles. The third kappa shape index (κ3) is 10.6. The van der Waals surface area contributed by atoms with Crippen molar-refractivity contribution < 1.29 is 9.90 Å². The van der Waals surface area contributed by atoms with E-state index in [1.54, 1.807) is 0 Å². The van der Waals surface area contributed by atoms with Gasteiger partial charge >= 0.3 is 5.97 Å². The Morgan fingerprint density at radius 3 is 2.24 bits per heavy atom. The molecule has 0 radical (unpaired) electrons. The molecule has 1 aromatic rings. The minimum Gasteiger partial charge on any atom is -0.478 e. The molecule has 0 spiro atoms. The Kier molecular flexibility index (Phi) is 12.0. The molecule has 0 aliphatic heterocycles. The van der Waals surface area contributed by atoms with Crippen molar-refractivity contribution in [3.8, 4) is 0 Å². The first-order valence-corrected chi connectivity index (χ1v) is 7.75. The summed E-state index contributed by atoms with van der Waals surface area (Å²) in [5.74, 6) is -0.752. The van der Waals surface area contributed by atoms with Gasteiger partial charge in [-0.3, -0.25) is 0 Å². The number of allylic oxidation sites excluding steroid dienone is 1. The van der Waals surface area contributed by atoms with Gasteiger partial charge in [-0.1, -0.05) is 82.2 Å². The molecule has 2 nitrogen and oxygen atoms in total. The van der Waals surface area contributed by atoms with Gasteiger partial charge < -0.3 is 5.11 Å². The summed E-state index contributed by atoms with van der Waals surface area (Å²) in [5, 5.41) is 8.79. The number of hydrogen-bond acceptors (Lipinski definition) is 1. The standard InChI is InChI=1S/C11H20O2.C8H8/c1-3-5-6-7-9-10(8-4-2)11(12)13;1-2-8-6-4-3-5-7-8/h8H,3-7,9H2,1-2H3,(H,12,13);2-7H,1H2. The van der Waals surface area contributed by atoms with Gasteiger partial charge in [0.25, 0.3) is 0 Å². The molecule has 0 unspecified atom stereocenters. The maximum absolute atomic E-state index is 10.7. The maximum atomic E-state index is 10.7. The van der Waals surface area contributed by atoms with Crippen molar-refractivity contribution in [2.45, 2.75) is 52.4 Å². The largest absolute Gasteiger partial charge is 0.478 e. The lowest BCUT2D eigenvalue weighted by Gasteiger charge is -2.01. The summed E-state index contributed by atoms with van der Waals surface area (Å²) in [7, 11) is 0. The molecular formula is C19H28O2. The first-order chi connectivity index (χ1) is 10.2. The van der Waals surface area contributed by atoms with E-state index in [0.29, 0.717) is 5.57 Å². The van der Waals surface area contributed by atoms with E-state index in [4.69, 9.17) is 5.11 Å². The lowest BCUT2D eigenvalue weighted by molar-refractivity contribution is -0.132. The number of carbonyl (C=O) groups is 1. The highest BCUT2D eigenvalue weighted by Gasteiger charge is 2.04. The van der Waals surface area contributed by atoms with Gasteiger partial charge in [-0.05, 0) is 24.8 Å². The van der Waals surface area contributed by atoms with Crippen molar-refractivity contribution in [1.82, 2.24) is 0 Å². The summed E-state index contributed by atoms with van der Waals surface area (Å²) in [4.78, 5) is 10.7. The van der Waals surface area contributed by atoms with Crippen LogP contribution in [0.3, 0.4) is 0 Å². The van der Waals surface area contributed by atoms with Crippen LogP contribution in [0, 0.1) is 0 Å². The second kappa shape index (κ2) is 13.2. The fourth-order valence-corrected chi connectivity index (χ4v) is 1.87. The molecule has 1 rings (SSSR count). The van der Waals surface area contributed by atoms with Crippen molar-refractivity contribution in [3.05, 3.63) is 54.1 Å². The van der Waals surface area contributed by atoms with E-state index >= 15 is 0 Å². The van der Waals surface area contributed by atoms with E-state index in [-0.39, 0.29) is 0 Å². The van der Waals surface area contributed by atoms with Crippen LogP contribution in [0.5, 0.6) is 0 Å². The summed E-state index contributed by atoms with van der Waals surface area (Å²) in [6.45, 7) is 7.75. The second-order valence-electron chi connectivity index (χ2n) is 4.87. The molecule has 0 fully saturated rings. The van der Waals surface area contributed by atoms with Crippen LogP contribution in [0.4, 0.5) is 0 Å². The Bertz CT molecular complexity index is 418. The molecule has 0 heterocycles. The molecule has 0 amide bonds. The molecule has 21 heavy (non-hydrogen) atoms. The second-order valence-corrected chi connectivity index (χ2v) is 4.87. The van der Waals surface area contributed by atoms with Crippen LogP contribution in [0.25, 0.3) is 6.08 Å². The van der Waals surface area contributed by atoms with Crippen molar-refractivity contribution in [3.63, 3.8) is 0 Å². The molecular weight excluding hydrogens is 260 g/mol. The van der Waals surface area contributed by atoms with Crippen molar-refractivity contribution in [2.75, 3.05) is 0 Å². The Morgan fingerprint density at radius 1 is 1.14 bits per heavy atom. The smallest absolute Gasteiger partial charge is 0.331 e. The van der Waals surface area contributed by atoms with Crippen LogP contribution >= 0.6 is 0 Å². The first-order valence-electron chi connectivity index (χ1n) is 7.75.